The first-order valence-corrected chi connectivity index (χ1v) is 11.2. The van der Waals surface area contributed by atoms with Gasteiger partial charge in [0, 0.05) is 37.8 Å². The topological polar surface area (TPSA) is 123 Å². The summed E-state index contributed by atoms with van der Waals surface area (Å²) in [5, 5.41) is 23.1. The molecule has 2 atom stereocenters. The average Bonchev–Trinajstić information content (AvgIpc) is 3.32. The summed E-state index contributed by atoms with van der Waals surface area (Å²) in [5.41, 5.74) is 0. The highest BCUT2D eigenvalue weighted by Crippen LogP contribution is 2.37. The lowest BCUT2D eigenvalue weighted by Crippen LogP contribution is -2.28. The Labute approximate surface area is 181 Å². The molecule has 0 spiro atoms. The van der Waals surface area contributed by atoms with Crippen molar-refractivity contribution in [3.05, 3.63) is 6.07 Å². The molecule has 0 radical (unpaired) electrons. The highest BCUT2D eigenvalue weighted by molar-refractivity contribution is 7.99. The molecule has 0 aromatic carbocycles. The highest BCUT2D eigenvalue weighted by Gasteiger charge is 2.33. The lowest BCUT2D eigenvalue weighted by molar-refractivity contribution is -0.121. The van der Waals surface area contributed by atoms with Crippen LogP contribution in [0.1, 0.15) is 33.1 Å². The number of amides is 1. The Morgan fingerprint density at radius 3 is 2.57 bits per heavy atom. The number of hydrogen-bond acceptors (Lipinski definition) is 8. The van der Waals surface area contributed by atoms with Gasteiger partial charge in [-0.15, -0.1) is 11.8 Å². The molecule has 30 heavy (non-hydrogen) atoms. The van der Waals surface area contributed by atoms with E-state index in [4.69, 9.17) is 14.2 Å². The van der Waals surface area contributed by atoms with E-state index in [1.807, 2.05) is 6.92 Å². The zero-order chi connectivity index (χ0) is 21.9. The molecule has 1 aliphatic rings. The van der Waals surface area contributed by atoms with Crippen molar-refractivity contribution in [3.63, 3.8) is 0 Å². The van der Waals surface area contributed by atoms with Crippen molar-refractivity contribution in [2.24, 2.45) is 0 Å². The van der Waals surface area contributed by atoms with Gasteiger partial charge in [0.1, 0.15) is 5.78 Å². The van der Waals surface area contributed by atoms with Gasteiger partial charge in [-0.05, 0) is 20.3 Å². The van der Waals surface area contributed by atoms with E-state index >= 15 is 0 Å². The zero-order valence-corrected chi connectivity index (χ0v) is 18.4. The minimum atomic E-state index is -0.196. The minimum Gasteiger partial charge on any atom is -0.494 e. The molecule has 10 heteroatoms. The Balaban J connectivity index is 1.55. The van der Waals surface area contributed by atoms with Gasteiger partial charge in [0.15, 0.2) is 5.88 Å². The molecule has 2 rings (SSSR count). The number of rotatable bonds is 16. The quantitative estimate of drug-likeness (QED) is 0.200. The normalized spacial score (nSPS) is 17.8. The molecular formula is C20H32N2O7S. The van der Waals surface area contributed by atoms with Gasteiger partial charge in [0.05, 0.1) is 43.5 Å². The van der Waals surface area contributed by atoms with Gasteiger partial charge < -0.3 is 29.7 Å². The van der Waals surface area contributed by atoms with E-state index in [9.17, 15) is 19.8 Å². The molecule has 0 aliphatic carbocycles. The van der Waals surface area contributed by atoms with Crippen LogP contribution < -0.4 is 5.32 Å². The van der Waals surface area contributed by atoms with E-state index in [0.717, 1.165) is 12.2 Å². The summed E-state index contributed by atoms with van der Waals surface area (Å²) in [4.78, 5) is 23.3. The lowest BCUT2D eigenvalue weighted by Gasteiger charge is -2.09. The van der Waals surface area contributed by atoms with Crippen molar-refractivity contribution in [3.8, 4) is 11.8 Å². The van der Waals surface area contributed by atoms with Crippen molar-refractivity contribution < 1.29 is 34.0 Å². The maximum atomic E-state index is 11.9. The maximum Gasteiger partial charge on any atom is 0.221 e. The van der Waals surface area contributed by atoms with E-state index in [1.165, 1.54) is 29.3 Å². The van der Waals surface area contributed by atoms with Gasteiger partial charge >= 0.3 is 0 Å². The summed E-state index contributed by atoms with van der Waals surface area (Å²) < 4.78 is 17.3. The van der Waals surface area contributed by atoms with Crippen LogP contribution in [-0.4, -0.2) is 77.4 Å². The van der Waals surface area contributed by atoms with Crippen molar-refractivity contribution in [2.75, 3.05) is 38.7 Å². The summed E-state index contributed by atoms with van der Waals surface area (Å²) in [7, 11) is 0. The van der Waals surface area contributed by atoms with Gasteiger partial charge in [0.2, 0.25) is 11.8 Å². The van der Waals surface area contributed by atoms with Crippen LogP contribution in [0.4, 0.5) is 0 Å². The number of epoxide rings is 1. The Morgan fingerprint density at radius 1 is 1.20 bits per heavy atom. The van der Waals surface area contributed by atoms with Crippen LogP contribution in [0.5, 0.6) is 11.8 Å². The van der Waals surface area contributed by atoms with Gasteiger partial charge in [0.25, 0.3) is 0 Å². The minimum absolute atomic E-state index is 0.0248. The Hall–Kier alpha value is -1.75. The second-order valence-corrected chi connectivity index (χ2v) is 8.27. The van der Waals surface area contributed by atoms with Crippen molar-refractivity contribution in [1.82, 2.24) is 9.88 Å². The molecule has 2 unspecified atom stereocenters. The summed E-state index contributed by atoms with van der Waals surface area (Å²) in [6.45, 7) is 5.63. The molecule has 2 heterocycles. The number of hydrogen-bond donors (Lipinski definition) is 3. The van der Waals surface area contributed by atoms with E-state index < -0.39 is 0 Å². The third-order valence-electron chi connectivity index (χ3n) is 4.61. The van der Waals surface area contributed by atoms with Crippen LogP contribution in [0.25, 0.3) is 0 Å². The SMILES string of the molecule is CC(=O)CCOCCOCCNC(=O)CCn1c(O)cc(SCCC2OC2C)c1O. The molecule has 1 aromatic heterocycles. The standard InChI is InChI=1S/C20H32N2O7S/c1-14(23)4-8-27-10-11-28-9-6-21-18(24)3-7-22-19(25)13-17(20(22)26)30-12-5-16-15(2)29-16/h13,15-16,25-26H,3-12H2,1-2H3,(H,21,24). The van der Waals surface area contributed by atoms with Crippen LogP contribution in [0.3, 0.4) is 0 Å². The molecule has 1 fully saturated rings. The third-order valence-corrected chi connectivity index (χ3v) is 5.66. The number of aromatic hydroxyl groups is 2. The zero-order valence-electron chi connectivity index (χ0n) is 17.6. The molecular weight excluding hydrogens is 412 g/mol. The van der Waals surface area contributed by atoms with E-state index in [-0.39, 0.29) is 36.4 Å². The fourth-order valence-electron chi connectivity index (χ4n) is 2.75. The van der Waals surface area contributed by atoms with Crippen LogP contribution in [-0.2, 0) is 30.3 Å². The molecule has 0 bridgehead atoms. The van der Waals surface area contributed by atoms with Crippen LogP contribution in [0.15, 0.2) is 11.0 Å². The number of nitrogens with zero attached hydrogens (tertiary/aromatic N) is 1. The summed E-state index contributed by atoms with van der Waals surface area (Å²) in [6.07, 6.45) is 2.03. The Kier molecular flexibility index (Phi) is 10.5. The summed E-state index contributed by atoms with van der Waals surface area (Å²) in [5.74, 6) is 0.593. The summed E-state index contributed by atoms with van der Waals surface area (Å²) in [6, 6.07) is 1.52. The first-order chi connectivity index (χ1) is 14.4. The number of carbonyl (C=O) groups excluding carboxylic acids is 2. The van der Waals surface area contributed by atoms with Crippen LogP contribution in [0, 0.1) is 0 Å². The smallest absolute Gasteiger partial charge is 0.221 e. The van der Waals surface area contributed by atoms with Gasteiger partial charge in [-0.2, -0.15) is 0 Å². The molecule has 1 aliphatic heterocycles. The first kappa shape index (κ1) is 24.5. The number of nitrogens with one attached hydrogen (secondary N) is 1. The molecule has 3 N–H and O–H groups in total. The van der Waals surface area contributed by atoms with Crippen molar-refractivity contribution in [2.45, 2.75) is 56.8 Å². The predicted molar refractivity (Wildman–Crippen MR) is 112 cm³/mol. The van der Waals surface area contributed by atoms with E-state index in [1.54, 1.807) is 0 Å². The molecule has 170 valence electrons. The van der Waals surface area contributed by atoms with Crippen LogP contribution >= 0.6 is 11.8 Å². The molecule has 1 aromatic rings. The van der Waals surface area contributed by atoms with Gasteiger partial charge in [-0.3, -0.25) is 14.2 Å². The van der Waals surface area contributed by atoms with Gasteiger partial charge in [-0.1, -0.05) is 0 Å². The second kappa shape index (κ2) is 12.8. The predicted octanol–water partition coefficient (Wildman–Crippen LogP) is 1.69. The van der Waals surface area contributed by atoms with E-state index in [2.05, 4.69) is 5.32 Å². The lowest BCUT2D eigenvalue weighted by atomic mass is 10.3. The number of ketones is 1. The van der Waals surface area contributed by atoms with Crippen molar-refractivity contribution in [1.29, 1.82) is 0 Å². The largest absolute Gasteiger partial charge is 0.494 e. The Morgan fingerprint density at radius 2 is 1.90 bits per heavy atom. The number of ether oxygens (including phenoxy) is 3. The monoisotopic (exact) mass is 444 g/mol. The second-order valence-electron chi connectivity index (χ2n) is 7.14. The van der Waals surface area contributed by atoms with E-state index in [0.29, 0.717) is 56.5 Å². The number of carbonyl (C=O) groups is 2. The number of thioether (sulfide) groups is 1. The fraction of sp³-hybridized carbons (Fsp3) is 0.700. The number of Topliss-reactive ketones (excluding diaryl/α,β-unsaturated/α-hetero) is 1. The molecule has 1 amide bonds. The highest BCUT2D eigenvalue weighted by atomic mass is 32.2. The molecule has 0 saturated carbocycles. The first-order valence-electron chi connectivity index (χ1n) is 10.2. The summed E-state index contributed by atoms with van der Waals surface area (Å²) >= 11 is 1.46. The number of aromatic nitrogens is 1. The Bertz CT molecular complexity index is 695. The van der Waals surface area contributed by atoms with Crippen molar-refractivity contribution >= 4 is 23.5 Å². The van der Waals surface area contributed by atoms with Gasteiger partial charge in [-0.25, -0.2) is 0 Å². The molecule has 9 nitrogen and oxygen atoms in total. The molecule has 1 saturated heterocycles. The fourth-order valence-corrected chi connectivity index (χ4v) is 3.75. The third kappa shape index (κ3) is 8.95. The van der Waals surface area contributed by atoms with Crippen LogP contribution in [0.2, 0.25) is 0 Å². The average molecular weight is 445 g/mol. The maximum absolute atomic E-state index is 11.9.